The number of hydrogen-bond acceptors (Lipinski definition) is 1. The van der Waals surface area contributed by atoms with Gasteiger partial charge in [0, 0.05) is 6.61 Å². The molecule has 166 valence electrons. The van der Waals surface area contributed by atoms with Gasteiger partial charge in [-0.2, -0.15) is 17.7 Å². The largest absolute Gasteiger partial charge is 1.00 e. The number of aryl methyl sites for hydroxylation is 1. The number of hydrogen-bond donors (Lipinski definition) is 0. The zero-order chi connectivity index (χ0) is 21.1. The Morgan fingerprint density at radius 3 is 1.77 bits per heavy atom. The van der Waals surface area contributed by atoms with Gasteiger partial charge in [0.25, 0.3) is 0 Å². The third-order valence-electron chi connectivity index (χ3n) is 4.40. The predicted molar refractivity (Wildman–Crippen MR) is 128 cm³/mol. The van der Waals surface area contributed by atoms with E-state index in [2.05, 4.69) is 102 Å². The monoisotopic (exact) mass is 548 g/mol. The van der Waals surface area contributed by atoms with E-state index in [4.69, 9.17) is 4.43 Å². The average molecular weight is 551 g/mol. The first-order valence-electron chi connectivity index (χ1n) is 10.3. The van der Waals surface area contributed by atoms with Crippen LogP contribution in [0.3, 0.4) is 0 Å². The fourth-order valence-corrected chi connectivity index (χ4v) is 3.90. The molecule has 0 aliphatic heterocycles. The third kappa shape index (κ3) is 11.0. The van der Waals surface area contributed by atoms with Gasteiger partial charge in [-0.15, -0.1) is 39.7 Å². The van der Waals surface area contributed by atoms with Gasteiger partial charge in [0.1, 0.15) is 0 Å². The molecule has 31 heavy (non-hydrogen) atoms. The maximum atomic E-state index is 5.77. The molecular formula is C26H32Cl2OSiZr-2. The molecule has 0 unspecified atom stereocenters. The fraction of sp³-hybridized carbons (Fsp3) is 0.269. The van der Waals surface area contributed by atoms with Crippen LogP contribution in [0.2, 0.25) is 19.6 Å². The van der Waals surface area contributed by atoms with Crippen molar-refractivity contribution in [3.63, 3.8) is 0 Å². The fourth-order valence-electron chi connectivity index (χ4n) is 3.14. The molecule has 0 amide bonds. The van der Waals surface area contributed by atoms with Crippen LogP contribution in [0.15, 0.2) is 78.9 Å². The summed E-state index contributed by atoms with van der Waals surface area (Å²) in [6.45, 7) is 9.65. The zero-order valence-electron chi connectivity index (χ0n) is 18.9. The molecule has 4 aromatic rings. The molecule has 4 rings (SSSR count). The summed E-state index contributed by atoms with van der Waals surface area (Å²) < 4.78 is 7.86. The van der Waals surface area contributed by atoms with E-state index < -0.39 is 8.32 Å². The first-order chi connectivity index (χ1) is 13.9. The summed E-state index contributed by atoms with van der Waals surface area (Å²) in [5, 5.41) is 5.39. The van der Waals surface area contributed by atoms with Gasteiger partial charge in [0.2, 0.25) is 0 Å². The van der Waals surface area contributed by atoms with E-state index in [1.807, 2.05) is 6.92 Å². The molecule has 0 spiro atoms. The molecule has 4 aromatic carbocycles. The Balaban J connectivity index is 0.000000488. The number of rotatable bonds is 5. The van der Waals surface area contributed by atoms with E-state index in [0.29, 0.717) is 0 Å². The zero-order valence-corrected chi connectivity index (χ0v) is 23.8. The number of halogens is 2. The van der Waals surface area contributed by atoms with Gasteiger partial charge in [-0.3, -0.25) is 0 Å². The summed E-state index contributed by atoms with van der Waals surface area (Å²) in [6.07, 6.45) is 2.30. The molecule has 0 fully saturated rings. The van der Waals surface area contributed by atoms with Gasteiger partial charge in [-0.25, -0.2) is 12.1 Å². The molecule has 0 aromatic heterocycles. The van der Waals surface area contributed by atoms with E-state index in [0.717, 1.165) is 19.4 Å². The molecule has 0 N–H and O–H groups in total. The second-order valence-corrected chi connectivity index (χ2v) is 13.9. The molecule has 0 saturated heterocycles. The minimum Gasteiger partial charge on any atom is -1.00 e. The topological polar surface area (TPSA) is 9.23 Å². The van der Waals surface area contributed by atoms with Crippen molar-refractivity contribution in [1.82, 2.24) is 0 Å². The van der Waals surface area contributed by atoms with Gasteiger partial charge in [0.15, 0.2) is 8.32 Å². The van der Waals surface area contributed by atoms with Crippen molar-refractivity contribution in [3.05, 3.63) is 84.4 Å². The van der Waals surface area contributed by atoms with Crippen LogP contribution in [-0.2, 0) is 35.1 Å². The first kappa shape index (κ1) is 30.2. The Bertz CT molecular complexity index is 937. The number of fused-ring (bicyclic) bond motifs is 3. The Labute approximate surface area is 216 Å². The van der Waals surface area contributed by atoms with Crippen LogP contribution in [0.1, 0.15) is 18.9 Å². The summed E-state index contributed by atoms with van der Waals surface area (Å²) in [5.74, 6) is 0. The van der Waals surface area contributed by atoms with E-state index in [-0.39, 0.29) is 24.8 Å². The van der Waals surface area contributed by atoms with Crippen LogP contribution in [0.25, 0.3) is 21.5 Å². The smallest absolute Gasteiger partial charge is 0.183 e. The maximum Gasteiger partial charge on any atom is 0.183 e. The second kappa shape index (κ2) is 15.9. The molecular weight excluding hydrogens is 519 g/mol. The summed E-state index contributed by atoms with van der Waals surface area (Å²) in [6, 6.07) is 27.8. The van der Waals surface area contributed by atoms with E-state index in [9.17, 15) is 0 Å². The Hall–Kier alpha value is -0.830. The molecule has 0 atom stereocenters. The van der Waals surface area contributed by atoms with Crippen LogP contribution in [0.4, 0.5) is 0 Å². The van der Waals surface area contributed by atoms with E-state index in [1.54, 1.807) is 0 Å². The van der Waals surface area contributed by atoms with Crippen molar-refractivity contribution in [2.45, 2.75) is 39.4 Å². The van der Waals surface area contributed by atoms with Gasteiger partial charge >= 0.3 is 34.9 Å². The van der Waals surface area contributed by atoms with Crippen LogP contribution in [0, 0.1) is 0 Å². The Kier molecular flexibility index (Phi) is 15.5. The molecule has 0 radical (unpaired) electrons. The first-order valence-corrected chi connectivity index (χ1v) is 15.1. The van der Waals surface area contributed by atoms with Gasteiger partial charge in [0.05, 0.1) is 0 Å². The quantitative estimate of drug-likeness (QED) is 0.207. The minimum absolute atomic E-state index is 0. The van der Waals surface area contributed by atoms with Crippen molar-refractivity contribution >= 4 is 33.6 Å². The van der Waals surface area contributed by atoms with Crippen LogP contribution in [-0.4, -0.2) is 18.6 Å². The SMILES string of the molecule is C[CH]=[Zr+2].C[Si](C)(C)OCCC[c-]1cccc1.[Cl-].[Cl-].c1ccc2c(c1)[cH-]c1ccccc12. The van der Waals surface area contributed by atoms with Crippen molar-refractivity contribution in [2.75, 3.05) is 6.61 Å². The molecule has 5 heteroatoms. The summed E-state index contributed by atoms with van der Waals surface area (Å²) in [5.41, 5.74) is 1.43. The van der Waals surface area contributed by atoms with Gasteiger partial charge in [-0.1, -0.05) is 42.8 Å². The average Bonchev–Trinajstić information content (AvgIpc) is 3.33. The summed E-state index contributed by atoms with van der Waals surface area (Å²) >= 11 is 1.51. The van der Waals surface area contributed by atoms with Crippen molar-refractivity contribution < 1.29 is 53.5 Å². The van der Waals surface area contributed by atoms with Crippen LogP contribution >= 0.6 is 0 Å². The Morgan fingerprint density at radius 1 is 0.871 bits per heavy atom. The van der Waals surface area contributed by atoms with E-state index >= 15 is 0 Å². The summed E-state index contributed by atoms with van der Waals surface area (Å²) in [7, 11) is -1.28. The van der Waals surface area contributed by atoms with Crippen molar-refractivity contribution in [3.8, 4) is 0 Å². The van der Waals surface area contributed by atoms with Gasteiger partial charge < -0.3 is 29.2 Å². The molecule has 0 bridgehead atoms. The van der Waals surface area contributed by atoms with Crippen LogP contribution < -0.4 is 24.8 Å². The van der Waals surface area contributed by atoms with Crippen molar-refractivity contribution in [1.29, 1.82) is 0 Å². The molecule has 0 saturated carbocycles. The van der Waals surface area contributed by atoms with Gasteiger partial charge in [-0.05, 0) is 26.1 Å². The van der Waals surface area contributed by atoms with E-state index in [1.165, 1.54) is 51.3 Å². The third-order valence-corrected chi connectivity index (χ3v) is 5.47. The minimum atomic E-state index is -1.28. The normalized spacial score (nSPS) is 10.1. The standard InChI is InChI=1S/C13H9.C11H19OSi.C2H4.2ClH.Zr/c1-3-7-12-10(5-1)9-11-6-2-4-8-13(11)12;1-13(2,3)12-10-6-9-11-7-4-5-8-11;1-2;;;/h1-9H;4-5,7-8H,6,9-10H2,1-3H3;1H,2H3;2*1H;/q2*-1;;;;+2/p-2. The van der Waals surface area contributed by atoms with Crippen LogP contribution in [0.5, 0.6) is 0 Å². The Morgan fingerprint density at radius 2 is 1.32 bits per heavy atom. The summed E-state index contributed by atoms with van der Waals surface area (Å²) in [4.78, 5) is 0. The molecule has 1 nitrogen and oxygen atoms in total. The predicted octanol–water partition coefficient (Wildman–Crippen LogP) is 1.26. The molecule has 0 aliphatic rings. The molecule has 0 heterocycles. The number of benzene rings is 2. The second-order valence-electron chi connectivity index (χ2n) is 7.97. The van der Waals surface area contributed by atoms with Crippen molar-refractivity contribution in [2.24, 2.45) is 0 Å². The maximum absolute atomic E-state index is 5.77. The molecule has 0 aliphatic carbocycles.